The molecule has 1 N–H and O–H groups in total. The van der Waals surface area contributed by atoms with Crippen LogP contribution in [-0.2, 0) is 0 Å². The summed E-state index contributed by atoms with van der Waals surface area (Å²) >= 11 is 0. The third-order valence-electron chi connectivity index (χ3n) is 4.68. The summed E-state index contributed by atoms with van der Waals surface area (Å²) in [5, 5.41) is 3.51. The normalized spacial score (nSPS) is 16.0. The fraction of sp³-hybridized carbons (Fsp3) is 0.778. The first kappa shape index (κ1) is 17.8. The predicted octanol–water partition coefficient (Wildman–Crippen LogP) is 3.77. The molecule has 2 heterocycles. The molecule has 0 bridgehead atoms. The van der Waals surface area contributed by atoms with Crippen molar-refractivity contribution in [3.05, 3.63) is 6.07 Å². The van der Waals surface area contributed by atoms with Gasteiger partial charge in [-0.15, -0.1) is 0 Å². The van der Waals surface area contributed by atoms with Crippen molar-refractivity contribution in [1.82, 2.24) is 9.97 Å². The van der Waals surface area contributed by atoms with Gasteiger partial charge in [-0.25, -0.2) is 0 Å². The van der Waals surface area contributed by atoms with Crippen LogP contribution in [0.2, 0.25) is 0 Å². The van der Waals surface area contributed by atoms with Gasteiger partial charge in [-0.05, 0) is 39.5 Å². The predicted molar refractivity (Wildman–Crippen MR) is 99.6 cm³/mol. The first-order chi connectivity index (χ1) is 11.0. The van der Waals surface area contributed by atoms with E-state index in [-0.39, 0.29) is 0 Å². The van der Waals surface area contributed by atoms with E-state index in [1.807, 2.05) is 0 Å². The molecule has 1 saturated heterocycles. The van der Waals surface area contributed by atoms with E-state index in [9.17, 15) is 0 Å². The number of hydrogen-bond donors (Lipinski definition) is 1. The molecule has 0 amide bonds. The molecule has 0 spiro atoms. The van der Waals surface area contributed by atoms with Gasteiger partial charge in [0.2, 0.25) is 5.95 Å². The van der Waals surface area contributed by atoms with Gasteiger partial charge in [0, 0.05) is 38.3 Å². The molecule has 0 aromatic carbocycles. The van der Waals surface area contributed by atoms with Crippen LogP contribution in [0.4, 0.5) is 17.6 Å². The van der Waals surface area contributed by atoms with Gasteiger partial charge in [-0.3, -0.25) is 0 Å². The number of hydrogen-bond acceptors (Lipinski definition) is 5. The molecule has 1 fully saturated rings. The summed E-state index contributed by atoms with van der Waals surface area (Å²) in [7, 11) is 0. The van der Waals surface area contributed by atoms with E-state index >= 15 is 0 Å². The fourth-order valence-electron chi connectivity index (χ4n) is 2.91. The van der Waals surface area contributed by atoms with Crippen LogP contribution in [0.3, 0.4) is 0 Å². The lowest BCUT2D eigenvalue weighted by Crippen LogP contribution is -2.33. The van der Waals surface area contributed by atoms with E-state index in [1.54, 1.807) is 0 Å². The molecule has 0 aliphatic carbocycles. The molecule has 0 radical (unpaired) electrons. The van der Waals surface area contributed by atoms with Crippen molar-refractivity contribution < 1.29 is 0 Å². The van der Waals surface area contributed by atoms with Crippen molar-refractivity contribution in [2.24, 2.45) is 5.92 Å². The summed E-state index contributed by atoms with van der Waals surface area (Å²) in [5.41, 5.74) is 0. The van der Waals surface area contributed by atoms with Crippen LogP contribution in [0, 0.1) is 5.92 Å². The first-order valence-corrected chi connectivity index (χ1v) is 9.19. The Balaban J connectivity index is 2.27. The molecule has 1 aromatic heterocycles. The molecule has 1 unspecified atom stereocenters. The highest BCUT2D eigenvalue weighted by Gasteiger charge is 2.19. The van der Waals surface area contributed by atoms with Crippen LogP contribution in [-0.4, -0.2) is 42.2 Å². The number of anilines is 3. The summed E-state index contributed by atoms with van der Waals surface area (Å²) in [6.07, 6.45) is 3.70. The minimum absolute atomic E-state index is 0.399. The molecule has 1 aliphatic rings. The monoisotopic (exact) mass is 319 g/mol. The Hall–Kier alpha value is -1.52. The molecule has 130 valence electrons. The lowest BCUT2D eigenvalue weighted by atomic mass is 10.1. The zero-order valence-corrected chi connectivity index (χ0v) is 15.5. The van der Waals surface area contributed by atoms with Crippen molar-refractivity contribution in [1.29, 1.82) is 0 Å². The highest BCUT2D eigenvalue weighted by atomic mass is 15.3. The smallest absolute Gasteiger partial charge is 0.229 e. The summed E-state index contributed by atoms with van der Waals surface area (Å²) in [6.45, 7) is 15.1. The Labute approximate surface area is 141 Å². The van der Waals surface area contributed by atoms with Gasteiger partial charge in [-0.1, -0.05) is 20.3 Å². The van der Waals surface area contributed by atoms with E-state index in [0.717, 1.165) is 43.8 Å². The summed E-state index contributed by atoms with van der Waals surface area (Å²) in [6, 6.07) is 2.52. The Bertz CT molecular complexity index is 482. The molecule has 5 heteroatoms. The first-order valence-electron chi connectivity index (χ1n) is 9.19. The Morgan fingerprint density at radius 1 is 1.17 bits per heavy atom. The Morgan fingerprint density at radius 2 is 1.87 bits per heavy atom. The maximum Gasteiger partial charge on any atom is 0.229 e. The van der Waals surface area contributed by atoms with Gasteiger partial charge in [-0.2, -0.15) is 9.97 Å². The second-order valence-corrected chi connectivity index (χ2v) is 6.88. The van der Waals surface area contributed by atoms with Crippen LogP contribution in [0.1, 0.15) is 53.9 Å². The average Bonchev–Trinajstić information content (AvgIpc) is 3.07. The molecule has 2 rings (SSSR count). The number of rotatable bonds is 8. The topological polar surface area (TPSA) is 44.3 Å². The van der Waals surface area contributed by atoms with Crippen LogP contribution in [0.25, 0.3) is 0 Å². The van der Waals surface area contributed by atoms with E-state index < -0.39 is 0 Å². The second-order valence-electron chi connectivity index (χ2n) is 6.88. The highest BCUT2D eigenvalue weighted by molar-refractivity contribution is 5.55. The molecule has 23 heavy (non-hydrogen) atoms. The SMILES string of the molecule is CCC(C)CNc1cc(N2CCCC2)nc(N(CC)C(C)C)n1. The number of aromatic nitrogens is 2. The zero-order chi connectivity index (χ0) is 16.8. The van der Waals surface area contributed by atoms with E-state index in [2.05, 4.69) is 55.8 Å². The Kier molecular flexibility index (Phi) is 6.48. The fourth-order valence-corrected chi connectivity index (χ4v) is 2.91. The van der Waals surface area contributed by atoms with Gasteiger partial charge in [0.15, 0.2) is 0 Å². The van der Waals surface area contributed by atoms with Crippen molar-refractivity contribution in [3.63, 3.8) is 0 Å². The van der Waals surface area contributed by atoms with Gasteiger partial charge >= 0.3 is 0 Å². The van der Waals surface area contributed by atoms with Crippen LogP contribution in [0.5, 0.6) is 0 Å². The van der Waals surface area contributed by atoms with E-state index in [1.165, 1.54) is 19.3 Å². The molecule has 5 nitrogen and oxygen atoms in total. The summed E-state index contributed by atoms with van der Waals surface area (Å²) in [5.74, 6) is 3.52. The van der Waals surface area contributed by atoms with E-state index in [4.69, 9.17) is 9.97 Å². The highest BCUT2D eigenvalue weighted by Crippen LogP contribution is 2.24. The minimum atomic E-state index is 0.399. The Morgan fingerprint density at radius 3 is 2.43 bits per heavy atom. The summed E-state index contributed by atoms with van der Waals surface area (Å²) < 4.78 is 0. The second kappa shape index (κ2) is 8.37. The van der Waals surface area contributed by atoms with Crippen molar-refractivity contribution >= 4 is 17.6 Å². The van der Waals surface area contributed by atoms with Crippen molar-refractivity contribution in [2.45, 2.75) is 59.9 Å². The molecule has 1 aliphatic heterocycles. The van der Waals surface area contributed by atoms with Crippen molar-refractivity contribution in [3.8, 4) is 0 Å². The van der Waals surface area contributed by atoms with Crippen LogP contribution in [0.15, 0.2) is 6.07 Å². The van der Waals surface area contributed by atoms with Gasteiger partial charge in [0.25, 0.3) is 0 Å². The minimum Gasteiger partial charge on any atom is -0.370 e. The van der Waals surface area contributed by atoms with E-state index in [0.29, 0.717) is 12.0 Å². The average molecular weight is 319 g/mol. The largest absolute Gasteiger partial charge is 0.370 e. The molecule has 1 atom stereocenters. The molecular formula is C18H33N5. The maximum atomic E-state index is 4.86. The molecule has 1 aromatic rings. The zero-order valence-electron chi connectivity index (χ0n) is 15.5. The molecule has 0 saturated carbocycles. The van der Waals surface area contributed by atoms with Gasteiger partial charge < -0.3 is 15.1 Å². The third-order valence-corrected chi connectivity index (χ3v) is 4.68. The number of nitrogens with zero attached hydrogens (tertiary/aromatic N) is 4. The standard InChI is InChI=1S/C18H33N5/c1-6-15(5)13-19-16-12-17(22-10-8-9-11-22)21-18(20-16)23(7-2)14(3)4/h12,14-15H,6-11,13H2,1-5H3,(H,19,20,21). The number of nitrogens with one attached hydrogen (secondary N) is 1. The lowest BCUT2D eigenvalue weighted by Gasteiger charge is -2.27. The lowest BCUT2D eigenvalue weighted by molar-refractivity contribution is 0.592. The quantitative estimate of drug-likeness (QED) is 0.790. The van der Waals surface area contributed by atoms with Gasteiger partial charge in [0.05, 0.1) is 0 Å². The maximum absolute atomic E-state index is 4.86. The van der Waals surface area contributed by atoms with Gasteiger partial charge in [0.1, 0.15) is 11.6 Å². The van der Waals surface area contributed by atoms with Crippen LogP contribution < -0.4 is 15.1 Å². The van der Waals surface area contributed by atoms with Crippen LogP contribution >= 0.6 is 0 Å². The summed E-state index contributed by atoms with van der Waals surface area (Å²) in [4.78, 5) is 14.3. The third kappa shape index (κ3) is 4.72. The van der Waals surface area contributed by atoms with Crippen molar-refractivity contribution in [2.75, 3.05) is 41.3 Å². The molecular weight excluding hydrogens is 286 g/mol.